The van der Waals surface area contributed by atoms with Gasteiger partial charge in [-0.25, -0.2) is 0 Å². The minimum absolute atomic E-state index is 0.0190. The fourth-order valence-electron chi connectivity index (χ4n) is 2.49. The van der Waals surface area contributed by atoms with E-state index in [0.29, 0.717) is 16.7 Å². The molecule has 0 aliphatic heterocycles. The summed E-state index contributed by atoms with van der Waals surface area (Å²) in [6.07, 6.45) is -5.06. The van der Waals surface area contributed by atoms with Gasteiger partial charge >= 0.3 is 12.1 Å². The zero-order valence-electron chi connectivity index (χ0n) is 13.9. The summed E-state index contributed by atoms with van der Waals surface area (Å²) in [4.78, 5) is 24.2. The molecule has 0 saturated heterocycles. The van der Waals surface area contributed by atoms with Gasteiger partial charge in [0, 0.05) is 12.0 Å². The summed E-state index contributed by atoms with van der Waals surface area (Å²) in [6, 6.07) is 12.5. The maximum Gasteiger partial charge on any atom is 0.471 e. The number of benzene rings is 2. The second kappa shape index (κ2) is 7.51. The third-order valence-electron chi connectivity index (χ3n) is 3.82. The van der Waals surface area contributed by atoms with E-state index in [1.807, 2.05) is 11.4 Å². The van der Waals surface area contributed by atoms with Crippen molar-refractivity contribution in [3.8, 4) is 0 Å². The Hall–Kier alpha value is -2.63. The number of Topliss-reactive ketones (excluding diaryl/α,β-unsaturated/α-hetero) is 1. The summed E-state index contributed by atoms with van der Waals surface area (Å²) in [7, 11) is 0. The van der Waals surface area contributed by atoms with Gasteiger partial charge in [0.15, 0.2) is 5.78 Å². The van der Waals surface area contributed by atoms with Crippen LogP contribution in [0.15, 0.2) is 48.5 Å². The van der Waals surface area contributed by atoms with Crippen LogP contribution in [-0.4, -0.2) is 23.9 Å². The van der Waals surface area contributed by atoms with Crippen LogP contribution in [0.5, 0.6) is 0 Å². The molecule has 0 aromatic heterocycles. The van der Waals surface area contributed by atoms with Crippen molar-refractivity contribution in [2.45, 2.75) is 32.5 Å². The molecule has 2 aromatic rings. The van der Waals surface area contributed by atoms with E-state index in [1.54, 1.807) is 56.3 Å². The number of nitrogens with one attached hydrogen (secondary N) is 1. The maximum absolute atomic E-state index is 12.8. The first-order chi connectivity index (χ1) is 11.7. The van der Waals surface area contributed by atoms with Gasteiger partial charge in [-0.05, 0) is 31.0 Å². The molecule has 1 N–H and O–H groups in total. The van der Waals surface area contributed by atoms with Crippen LogP contribution in [0, 0.1) is 13.8 Å². The minimum Gasteiger partial charge on any atom is -0.338 e. The zero-order chi connectivity index (χ0) is 18.6. The van der Waals surface area contributed by atoms with Crippen LogP contribution in [0.25, 0.3) is 0 Å². The van der Waals surface area contributed by atoms with Crippen LogP contribution >= 0.6 is 0 Å². The largest absolute Gasteiger partial charge is 0.471 e. The molecule has 0 aliphatic carbocycles. The lowest BCUT2D eigenvalue weighted by Crippen LogP contribution is -2.48. The van der Waals surface area contributed by atoms with E-state index in [-0.39, 0.29) is 6.42 Å². The van der Waals surface area contributed by atoms with Crippen LogP contribution in [-0.2, 0) is 11.2 Å². The standard InChI is InChI=1S/C19H18F3NO2/c1-12-8-9-13(2)15(10-12)17(24)16(23-18(25)19(20,21)22)11-14-6-4-3-5-7-14/h3-10,16H,11H2,1-2H3,(H,23,25)/t16-/m0/s1. The van der Waals surface area contributed by atoms with Gasteiger partial charge < -0.3 is 5.32 Å². The van der Waals surface area contributed by atoms with E-state index >= 15 is 0 Å². The zero-order valence-corrected chi connectivity index (χ0v) is 13.9. The van der Waals surface area contributed by atoms with Crippen molar-refractivity contribution in [1.82, 2.24) is 5.32 Å². The second-order valence-electron chi connectivity index (χ2n) is 5.90. The Kier molecular flexibility index (Phi) is 5.62. The molecule has 0 bridgehead atoms. The molecule has 0 aliphatic rings. The number of hydrogen-bond donors (Lipinski definition) is 1. The highest BCUT2D eigenvalue weighted by Crippen LogP contribution is 2.18. The number of rotatable bonds is 5. The predicted octanol–water partition coefficient (Wildman–Crippen LogP) is 3.78. The highest BCUT2D eigenvalue weighted by atomic mass is 19.4. The Bertz CT molecular complexity index is 770. The topological polar surface area (TPSA) is 46.2 Å². The fourth-order valence-corrected chi connectivity index (χ4v) is 2.49. The summed E-state index contributed by atoms with van der Waals surface area (Å²) in [6.45, 7) is 3.49. The van der Waals surface area contributed by atoms with Crippen molar-refractivity contribution in [1.29, 1.82) is 0 Å². The molecule has 0 heterocycles. The predicted molar refractivity (Wildman–Crippen MR) is 88.4 cm³/mol. The number of carbonyl (C=O) groups excluding carboxylic acids is 2. The summed E-state index contributed by atoms with van der Waals surface area (Å²) in [5.41, 5.74) is 2.43. The first kappa shape index (κ1) is 18.7. The molecule has 1 atom stereocenters. The summed E-state index contributed by atoms with van der Waals surface area (Å²) >= 11 is 0. The number of amides is 1. The molecule has 3 nitrogen and oxygen atoms in total. The molecule has 0 spiro atoms. The van der Waals surface area contributed by atoms with Crippen LogP contribution in [0.3, 0.4) is 0 Å². The monoisotopic (exact) mass is 349 g/mol. The van der Waals surface area contributed by atoms with E-state index in [0.717, 1.165) is 5.56 Å². The maximum atomic E-state index is 12.8. The Balaban J connectivity index is 2.34. The van der Waals surface area contributed by atoms with Crippen LogP contribution < -0.4 is 5.32 Å². The lowest BCUT2D eigenvalue weighted by atomic mass is 9.93. The van der Waals surface area contributed by atoms with Crippen molar-refractivity contribution >= 4 is 11.7 Å². The molecule has 0 unspecified atom stereocenters. The van der Waals surface area contributed by atoms with Gasteiger partial charge in [0.25, 0.3) is 0 Å². The summed E-state index contributed by atoms with van der Waals surface area (Å²) < 4.78 is 37.9. The molecule has 1 amide bonds. The van der Waals surface area contributed by atoms with Crippen molar-refractivity contribution in [2.75, 3.05) is 0 Å². The van der Waals surface area contributed by atoms with Gasteiger partial charge in [-0.2, -0.15) is 13.2 Å². The highest BCUT2D eigenvalue weighted by Gasteiger charge is 2.41. The first-order valence-electron chi connectivity index (χ1n) is 7.71. The average molecular weight is 349 g/mol. The number of halogens is 3. The van der Waals surface area contributed by atoms with E-state index in [9.17, 15) is 22.8 Å². The van der Waals surface area contributed by atoms with Gasteiger partial charge in [-0.3, -0.25) is 9.59 Å². The number of alkyl halides is 3. The Morgan fingerprint density at radius 2 is 1.68 bits per heavy atom. The Labute approximate surface area is 143 Å². The van der Waals surface area contributed by atoms with Crippen molar-refractivity contribution in [3.63, 3.8) is 0 Å². The molecule has 0 radical (unpaired) electrons. The molecule has 25 heavy (non-hydrogen) atoms. The summed E-state index contributed by atoms with van der Waals surface area (Å²) in [5, 5.41) is 1.84. The lowest BCUT2D eigenvalue weighted by molar-refractivity contribution is -0.174. The molecular formula is C19H18F3NO2. The Morgan fingerprint density at radius 1 is 1.04 bits per heavy atom. The van der Waals surface area contributed by atoms with Crippen molar-refractivity contribution in [3.05, 3.63) is 70.8 Å². The van der Waals surface area contributed by atoms with Crippen LogP contribution in [0.1, 0.15) is 27.0 Å². The van der Waals surface area contributed by atoms with E-state index in [2.05, 4.69) is 0 Å². The van der Waals surface area contributed by atoms with E-state index in [4.69, 9.17) is 0 Å². The van der Waals surface area contributed by atoms with Crippen LogP contribution in [0.2, 0.25) is 0 Å². The average Bonchev–Trinajstić information content (AvgIpc) is 2.56. The molecule has 6 heteroatoms. The fraction of sp³-hybridized carbons (Fsp3) is 0.263. The van der Waals surface area contributed by atoms with E-state index in [1.165, 1.54) is 0 Å². The SMILES string of the molecule is Cc1ccc(C)c(C(=O)[C@H](Cc2ccccc2)NC(=O)C(F)(F)F)c1. The first-order valence-corrected chi connectivity index (χ1v) is 7.71. The lowest BCUT2D eigenvalue weighted by Gasteiger charge is -2.20. The molecule has 0 saturated carbocycles. The minimum atomic E-state index is -5.04. The smallest absolute Gasteiger partial charge is 0.338 e. The molecule has 132 valence electrons. The van der Waals surface area contributed by atoms with Gasteiger partial charge in [0.2, 0.25) is 0 Å². The third kappa shape index (κ3) is 4.92. The van der Waals surface area contributed by atoms with Crippen molar-refractivity contribution < 1.29 is 22.8 Å². The third-order valence-corrected chi connectivity index (χ3v) is 3.82. The highest BCUT2D eigenvalue weighted by molar-refractivity contribution is 6.03. The molecule has 2 aromatic carbocycles. The van der Waals surface area contributed by atoms with Gasteiger partial charge in [0.1, 0.15) is 0 Å². The van der Waals surface area contributed by atoms with Crippen LogP contribution in [0.4, 0.5) is 13.2 Å². The molecular weight excluding hydrogens is 331 g/mol. The van der Waals surface area contributed by atoms with Gasteiger partial charge in [0.05, 0.1) is 6.04 Å². The van der Waals surface area contributed by atoms with Gasteiger partial charge in [-0.1, -0.05) is 48.0 Å². The number of ketones is 1. The summed E-state index contributed by atoms with van der Waals surface area (Å²) in [5.74, 6) is -2.66. The quantitative estimate of drug-likeness (QED) is 0.835. The van der Waals surface area contributed by atoms with E-state index < -0.39 is 23.9 Å². The second-order valence-corrected chi connectivity index (χ2v) is 5.90. The molecule has 2 rings (SSSR count). The number of aryl methyl sites for hydroxylation is 2. The molecule has 0 fully saturated rings. The Morgan fingerprint density at radius 3 is 2.28 bits per heavy atom. The normalized spacial score (nSPS) is 12.5. The van der Waals surface area contributed by atoms with Gasteiger partial charge in [-0.15, -0.1) is 0 Å². The van der Waals surface area contributed by atoms with Crippen molar-refractivity contribution in [2.24, 2.45) is 0 Å². The number of hydrogen-bond acceptors (Lipinski definition) is 2. The number of carbonyl (C=O) groups is 2.